The van der Waals surface area contributed by atoms with Crippen molar-refractivity contribution in [3.63, 3.8) is 0 Å². The molecule has 182 valence electrons. The molecule has 0 aliphatic heterocycles. The Bertz CT molecular complexity index is 1460. The Morgan fingerprint density at radius 3 is 2.66 bits per heavy atom. The topological polar surface area (TPSA) is 128 Å². The van der Waals surface area contributed by atoms with Gasteiger partial charge >= 0.3 is 0 Å². The number of carbonyl (C=O) groups is 1. The molecule has 1 aromatic carbocycles. The third-order valence-electron chi connectivity index (χ3n) is 5.79. The Morgan fingerprint density at radius 2 is 2.03 bits per heavy atom. The van der Waals surface area contributed by atoms with Crippen molar-refractivity contribution >= 4 is 23.2 Å². The first kappa shape index (κ1) is 24.1. The second kappa shape index (κ2) is 9.34. The second-order valence-corrected chi connectivity index (χ2v) is 8.58. The minimum absolute atomic E-state index is 0.178. The van der Waals surface area contributed by atoms with Crippen LogP contribution in [0.5, 0.6) is 5.75 Å². The van der Waals surface area contributed by atoms with Crippen molar-refractivity contribution in [2.75, 3.05) is 5.32 Å². The maximum absolute atomic E-state index is 14.3. The van der Waals surface area contributed by atoms with Gasteiger partial charge in [0, 0.05) is 42.7 Å². The summed E-state index contributed by atoms with van der Waals surface area (Å²) in [5, 5.41) is 21.1. The third-order valence-corrected chi connectivity index (χ3v) is 6.14. The molecule has 0 unspecified atom stereocenters. The monoisotopic (exact) mass is 500 g/mol. The van der Waals surface area contributed by atoms with Gasteiger partial charge < -0.3 is 14.9 Å². The van der Waals surface area contributed by atoms with Crippen LogP contribution in [0.4, 0.5) is 10.1 Å². The van der Waals surface area contributed by atoms with Crippen molar-refractivity contribution in [3.8, 4) is 5.75 Å². The van der Waals surface area contributed by atoms with Crippen LogP contribution in [-0.2, 0) is 14.1 Å². The molecule has 0 bridgehead atoms. The summed E-state index contributed by atoms with van der Waals surface area (Å²) in [6, 6.07) is 4.04. The van der Waals surface area contributed by atoms with E-state index in [1.807, 2.05) is 6.92 Å². The molecule has 3 heterocycles. The van der Waals surface area contributed by atoms with Crippen molar-refractivity contribution in [1.29, 1.82) is 0 Å². The highest BCUT2D eigenvalue weighted by Gasteiger charge is 2.32. The number of hydrogen-bond acceptors (Lipinski definition) is 7. The molecule has 4 aromatic rings. The van der Waals surface area contributed by atoms with Gasteiger partial charge in [-0.15, -0.1) is 0 Å². The highest BCUT2D eigenvalue weighted by molar-refractivity contribution is 6.31. The maximum Gasteiger partial charge on any atom is 0.296 e. The van der Waals surface area contributed by atoms with Gasteiger partial charge in [0.15, 0.2) is 5.69 Å². The molecule has 0 spiro atoms. The molecule has 2 N–H and O–H groups in total. The van der Waals surface area contributed by atoms with Crippen LogP contribution in [0, 0.1) is 12.7 Å². The number of hydrogen-bond donors (Lipinski definition) is 2. The zero-order chi connectivity index (χ0) is 25.4. The van der Waals surface area contributed by atoms with E-state index < -0.39 is 40.6 Å². The van der Waals surface area contributed by atoms with Gasteiger partial charge in [0.05, 0.1) is 11.9 Å². The Balaban J connectivity index is 1.88. The van der Waals surface area contributed by atoms with Crippen molar-refractivity contribution < 1.29 is 18.8 Å². The number of aromatic hydroxyl groups is 1. The molecular weight excluding hydrogens is 479 g/mol. The summed E-state index contributed by atoms with van der Waals surface area (Å²) in [5.41, 5.74) is 0.826. The SMILES string of the molecule is Cc1nn(C)cc1[C@H](c1cc(F)ccc1Cl)[C@H](C)c1nc(C(=O)Nc2cnoc2)c(O)c(=O)n1C. The number of aryl methyl sites for hydroxylation is 2. The lowest BCUT2D eigenvalue weighted by Crippen LogP contribution is -2.29. The van der Waals surface area contributed by atoms with Crippen LogP contribution in [-0.4, -0.2) is 35.5 Å². The van der Waals surface area contributed by atoms with Crippen LogP contribution in [0.25, 0.3) is 0 Å². The van der Waals surface area contributed by atoms with Crippen LogP contribution in [0.15, 0.2) is 46.2 Å². The molecule has 0 fully saturated rings. The lowest BCUT2D eigenvalue weighted by atomic mass is 9.81. The fourth-order valence-electron chi connectivity index (χ4n) is 4.16. The number of halogens is 2. The molecule has 10 nitrogen and oxygen atoms in total. The van der Waals surface area contributed by atoms with Crippen LogP contribution in [0.1, 0.15) is 51.9 Å². The van der Waals surface area contributed by atoms with Gasteiger partial charge in [-0.3, -0.25) is 18.8 Å². The molecule has 0 aliphatic carbocycles. The number of anilines is 1. The van der Waals surface area contributed by atoms with E-state index in [4.69, 9.17) is 11.6 Å². The standard InChI is InChI=1S/C23H22ClFN6O4/c1-11(18(16-9-30(3)29-12(16)2)15-7-13(25)5-6-17(15)24)21-28-19(20(32)23(34)31(21)4)22(33)27-14-8-26-35-10-14/h5-11,18,32H,1-4H3,(H,27,33)/t11-,18-/m0/s1. The smallest absolute Gasteiger partial charge is 0.296 e. The fraction of sp³-hybridized carbons (Fsp3) is 0.261. The van der Waals surface area contributed by atoms with Crippen LogP contribution >= 0.6 is 11.6 Å². The van der Waals surface area contributed by atoms with Crippen molar-refractivity contribution in [2.24, 2.45) is 14.1 Å². The largest absolute Gasteiger partial charge is 0.501 e. The molecule has 0 saturated carbocycles. The van der Waals surface area contributed by atoms with E-state index in [1.54, 1.807) is 24.9 Å². The first-order chi connectivity index (χ1) is 16.6. The maximum atomic E-state index is 14.3. The van der Waals surface area contributed by atoms with Gasteiger partial charge in [0.25, 0.3) is 11.5 Å². The highest BCUT2D eigenvalue weighted by atomic mass is 35.5. The molecule has 3 aromatic heterocycles. The Labute approximate surface area is 204 Å². The molecule has 12 heteroatoms. The molecule has 1 amide bonds. The van der Waals surface area contributed by atoms with E-state index in [9.17, 15) is 19.1 Å². The van der Waals surface area contributed by atoms with Gasteiger partial charge in [-0.1, -0.05) is 23.7 Å². The lowest BCUT2D eigenvalue weighted by molar-refractivity contribution is 0.101. The number of nitrogens with one attached hydrogen (secondary N) is 1. The van der Waals surface area contributed by atoms with Gasteiger partial charge in [0.2, 0.25) is 5.75 Å². The zero-order valence-corrected chi connectivity index (χ0v) is 20.0. The van der Waals surface area contributed by atoms with Crippen LogP contribution in [0.3, 0.4) is 0 Å². The molecule has 2 atom stereocenters. The van der Waals surface area contributed by atoms with Crippen LogP contribution in [0.2, 0.25) is 5.02 Å². The molecule has 0 saturated heterocycles. The van der Waals surface area contributed by atoms with E-state index in [1.165, 1.54) is 37.7 Å². The lowest BCUT2D eigenvalue weighted by Gasteiger charge is -2.26. The molecule has 35 heavy (non-hydrogen) atoms. The Morgan fingerprint density at radius 1 is 1.29 bits per heavy atom. The van der Waals surface area contributed by atoms with Crippen LogP contribution < -0.4 is 10.9 Å². The zero-order valence-electron chi connectivity index (χ0n) is 19.3. The summed E-state index contributed by atoms with van der Waals surface area (Å²) in [4.78, 5) is 30.0. The number of carbonyl (C=O) groups excluding carboxylic acids is 1. The summed E-state index contributed by atoms with van der Waals surface area (Å²) in [6.45, 7) is 3.59. The minimum Gasteiger partial charge on any atom is -0.501 e. The summed E-state index contributed by atoms with van der Waals surface area (Å²) < 4.78 is 21.8. The number of nitrogens with zero attached hydrogens (tertiary/aromatic N) is 5. The molecular formula is C23H22ClFN6O4. The predicted octanol–water partition coefficient (Wildman–Crippen LogP) is 3.50. The Kier molecular flexibility index (Phi) is 6.44. The first-order valence-electron chi connectivity index (χ1n) is 10.5. The summed E-state index contributed by atoms with van der Waals surface area (Å²) in [7, 11) is 3.19. The molecule has 0 aliphatic rings. The van der Waals surface area contributed by atoms with Gasteiger partial charge in [-0.05, 0) is 30.7 Å². The number of amides is 1. The van der Waals surface area contributed by atoms with E-state index in [-0.39, 0.29) is 11.5 Å². The summed E-state index contributed by atoms with van der Waals surface area (Å²) in [5.74, 6) is -3.12. The number of rotatable bonds is 6. The normalized spacial score (nSPS) is 13.0. The van der Waals surface area contributed by atoms with Crippen molar-refractivity contribution in [1.82, 2.24) is 24.5 Å². The number of benzene rings is 1. The quantitative estimate of drug-likeness (QED) is 0.414. The van der Waals surface area contributed by atoms with Gasteiger partial charge in [-0.25, -0.2) is 9.37 Å². The highest BCUT2D eigenvalue weighted by Crippen LogP contribution is 2.41. The van der Waals surface area contributed by atoms with Crippen molar-refractivity contribution in [3.05, 3.63) is 86.4 Å². The predicted molar refractivity (Wildman–Crippen MR) is 125 cm³/mol. The Hall–Kier alpha value is -3.99. The van der Waals surface area contributed by atoms with Crippen molar-refractivity contribution in [2.45, 2.75) is 25.7 Å². The average Bonchev–Trinajstić information content (AvgIpc) is 3.43. The van der Waals surface area contributed by atoms with E-state index in [0.29, 0.717) is 16.3 Å². The van der Waals surface area contributed by atoms with E-state index >= 15 is 0 Å². The average molecular weight is 501 g/mol. The summed E-state index contributed by atoms with van der Waals surface area (Å²) in [6.07, 6.45) is 4.23. The second-order valence-electron chi connectivity index (χ2n) is 8.17. The minimum atomic E-state index is -0.824. The van der Waals surface area contributed by atoms with E-state index in [0.717, 1.165) is 10.1 Å². The summed E-state index contributed by atoms with van der Waals surface area (Å²) >= 11 is 6.49. The number of aromatic nitrogens is 5. The fourth-order valence-corrected chi connectivity index (χ4v) is 4.40. The first-order valence-corrected chi connectivity index (χ1v) is 10.9. The molecule has 0 radical (unpaired) electrons. The van der Waals surface area contributed by atoms with E-state index in [2.05, 4.69) is 25.1 Å². The third kappa shape index (κ3) is 4.54. The molecule has 4 rings (SSSR count). The van der Waals surface area contributed by atoms with Gasteiger partial charge in [-0.2, -0.15) is 5.10 Å². The van der Waals surface area contributed by atoms with Gasteiger partial charge in [0.1, 0.15) is 23.6 Å².